The van der Waals surface area contributed by atoms with Gasteiger partial charge in [-0.25, -0.2) is 96.8 Å². The molecule has 8 aromatic heterocycles. The number of anilines is 4. The van der Waals surface area contributed by atoms with Gasteiger partial charge >= 0.3 is 7.12 Å². The first-order valence-electron chi connectivity index (χ1n) is 44.1. The highest BCUT2D eigenvalue weighted by molar-refractivity contribution is 9.12. The number of halogens is 14. The maximum Gasteiger partial charge on any atom is 0.490 e. The molecular formula is C96H101BBr2F12N18O9S4. The van der Waals surface area contributed by atoms with Gasteiger partial charge in [0.2, 0.25) is 0 Å². The number of alkyl halides is 8. The predicted octanol–water partition coefficient (Wildman–Crippen LogP) is 21.1. The number of aromatic nitrogens is 12. The van der Waals surface area contributed by atoms with Gasteiger partial charge in [0.05, 0.1) is 89.4 Å². The molecule has 13 heterocycles. The topological polar surface area (TPSA) is 360 Å². The fraction of sp³-hybridized carbons (Fsp3) is 0.365. The summed E-state index contributed by atoms with van der Waals surface area (Å²) in [7, 11) is 3.68. The molecule has 1 fully saturated rings. The molecule has 1 saturated heterocycles. The molecule has 5 aliphatic rings. The van der Waals surface area contributed by atoms with E-state index in [4.69, 9.17) is 24.5 Å². The number of pyridine rings is 4. The molecule has 142 heavy (non-hydrogen) atoms. The molecule has 5 aliphatic heterocycles. The number of aryl methyl sites for hydroxylation is 4. The van der Waals surface area contributed by atoms with Gasteiger partial charge in [-0.1, -0.05) is 97.1 Å². The van der Waals surface area contributed by atoms with Gasteiger partial charge in [0.15, 0.2) is 0 Å². The third-order valence-corrected chi connectivity index (χ3v) is 29.5. The van der Waals surface area contributed by atoms with Crippen LogP contribution in [0, 0.1) is 38.3 Å². The smallest absolute Gasteiger partial charge is 0.400 e. The van der Waals surface area contributed by atoms with E-state index in [-0.39, 0.29) is 74.3 Å². The van der Waals surface area contributed by atoms with E-state index in [1.54, 1.807) is 91.2 Å². The molecule has 17 rings (SSSR count). The molecule has 0 bridgehead atoms. The Bertz CT molecular complexity index is 7270. The van der Waals surface area contributed by atoms with Crippen LogP contribution in [0.3, 0.4) is 0 Å². The second-order valence-corrected chi connectivity index (χ2v) is 41.4. The average molecular weight is 2180 g/mol. The number of hydrogen-bond donors (Lipinski definition) is 6. The molecular weight excluding hydrogens is 2080 g/mol. The van der Waals surface area contributed by atoms with Gasteiger partial charge in [0.1, 0.15) is 99.4 Å². The molecule has 0 aliphatic carbocycles. The molecule has 6 atom stereocenters. The first-order valence-corrected chi connectivity index (χ1v) is 51.4. The van der Waals surface area contributed by atoms with Crippen LogP contribution >= 0.6 is 55.4 Å². The molecule has 0 radical (unpaired) electrons. The van der Waals surface area contributed by atoms with Crippen LogP contribution in [0.1, 0.15) is 192 Å². The Morgan fingerprint density at radius 2 is 0.782 bits per heavy atom. The molecule has 27 nitrogen and oxygen atoms in total. The van der Waals surface area contributed by atoms with Gasteiger partial charge < -0.3 is 35.7 Å². The van der Waals surface area contributed by atoms with Crippen molar-refractivity contribution in [3.05, 3.63) is 283 Å². The lowest BCUT2D eigenvalue weighted by Gasteiger charge is -2.32. The Labute approximate surface area is 837 Å². The fourth-order valence-corrected chi connectivity index (χ4v) is 20.3. The molecule has 46 heteroatoms. The summed E-state index contributed by atoms with van der Waals surface area (Å²) in [5.41, 5.74) is 3.22. The summed E-state index contributed by atoms with van der Waals surface area (Å²) in [6.07, 6.45) is 4.03. The summed E-state index contributed by atoms with van der Waals surface area (Å²) in [5.74, 6) is 2.81. The maximum absolute atomic E-state index is 14.6. The second kappa shape index (κ2) is 48.8. The van der Waals surface area contributed by atoms with E-state index < -0.39 is 116 Å². The lowest BCUT2D eigenvalue weighted by molar-refractivity contribution is 0.00578. The third kappa shape index (κ3) is 25.7. The molecule has 12 aromatic rings. The van der Waals surface area contributed by atoms with E-state index in [9.17, 15) is 80.3 Å². The summed E-state index contributed by atoms with van der Waals surface area (Å²) in [4.78, 5) is 86.0. The number of nitrogens with zero attached hydrogens (tertiary/aromatic N) is 13. The number of rotatable bonds is 20. The summed E-state index contributed by atoms with van der Waals surface area (Å²) in [6.45, 7) is 15.0. The number of fused-ring (bicyclic) bond motifs is 4. The lowest BCUT2D eigenvalue weighted by atomic mass is 9.76. The maximum atomic E-state index is 14.6. The fourth-order valence-electron chi connectivity index (χ4n) is 15.9. The number of allylic oxidation sites excluding steroid dienone is 4. The first-order chi connectivity index (χ1) is 67.4. The molecule has 0 saturated carbocycles. The largest absolute Gasteiger partial charge is 0.490 e. The molecule has 0 spiro atoms. The Kier molecular flexibility index (Phi) is 38.1. The van der Waals surface area contributed by atoms with E-state index in [0.717, 1.165) is 72.6 Å². The van der Waals surface area contributed by atoms with Crippen molar-refractivity contribution in [1.29, 1.82) is 10.0 Å². The Morgan fingerprint density at radius 3 is 1.07 bits per heavy atom. The minimum atomic E-state index is -2.93. The van der Waals surface area contributed by atoms with E-state index in [1.807, 2.05) is 29.6 Å². The number of nitrogens with one attached hydrogen (secondary N) is 5. The highest BCUT2D eigenvalue weighted by atomic mass is 79.9. The van der Waals surface area contributed by atoms with E-state index in [1.165, 1.54) is 103 Å². The quantitative estimate of drug-likeness (QED) is 0.0305. The van der Waals surface area contributed by atoms with Gasteiger partial charge in [-0.15, -0.1) is 0 Å². The van der Waals surface area contributed by atoms with Crippen molar-refractivity contribution in [2.45, 2.75) is 142 Å². The van der Waals surface area contributed by atoms with Crippen molar-refractivity contribution in [3.63, 3.8) is 0 Å². The number of hydrogen-bond acceptors (Lipinski definition) is 25. The summed E-state index contributed by atoms with van der Waals surface area (Å²) < 4.78 is 212. The van der Waals surface area contributed by atoms with Gasteiger partial charge in [-0.2, -0.15) is 28.8 Å². The zero-order valence-electron chi connectivity index (χ0n) is 79.0. The van der Waals surface area contributed by atoms with Crippen molar-refractivity contribution in [1.82, 2.24) is 58.1 Å². The van der Waals surface area contributed by atoms with Crippen LogP contribution in [-0.4, -0.2) is 143 Å². The van der Waals surface area contributed by atoms with Gasteiger partial charge in [-0.05, 0) is 155 Å². The van der Waals surface area contributed by atoms with E-state index in [0.29, 0.717) is 118 Å². The van der Waals surface area contributed by atoms with Gasteiger partial charge in [-0.3, -0.25) is 46.4 Å². The van der Waals surface area contributed by atoms with Crippen molar-refractivity contribution in [3.8, 4) is 4.98 Å². The minimum absolute atomic E-state index is 0.0600. The molecule has 754 valence electrons. The molecule has 0 amide bonds. The zero-order chi connectivity index (χ0) is 104. The standard InChI is InChI=1S/C22H22F3N5O2S.C22H21F3N4O2S.C22H21F3N4OS.C17H14BrF3N4O.C11H19BO2S.CBrN.CH4O/c1-12(14-4-3-5-15(18(14)23)19(24)25)29-20-17-10-16(13-6-8-33(26,32)9-7-13)22(31)30(2)21(17)28-11-27-20;1-12(14-4-3-5-15(18(14)23)19(24)25)28-20-17-10-16(13-6-8-32(31)9-7-13)22(30)29(2)21(17)27-11-26-20;1-12(14-4-3-5-15(18(14)23)19(24)25)28-20-17-10-16(13-6-8-31-9-7-13)22(30)29(2)21(17)27-11-26-20;1-8(9-4-3-5-10(13(9)19)14(20)21)24-15-11-6-12(18)17(26)25(2)16(11)23-7-22-15;1-10(2)11(3,4)14-12(13-10)9-5-7-15-8-6-9;2-1-3;1-2/h3-6,10-12,19,26H,7-9H2,1-2H3,(H,27,28,29);3-6,10-12,19H,7-9H2,1-2H3,(H,26,27,28);3-6,10-12,19H,7-9H2,1-2H3,(H,26,27,28);3-8,14H,1-2H3,(H,22,23,24);5H,6-8H2,1-4H3;;2H,1H3/t12-,33?;12-,32?;12-;8-;;;/m1111.../s1. The van der Waals surface area contributed by atoms with E-state index in [2.05, 4.69) is 133 Å². The monoisotopic (exact) mass is 2170 g/mol. The van der Waals surface area contributed by atoms with Crippen molar-refractivity contribution in [2.24, 2.45) is 28.2 Å². The Hall–Kier alpha value is -11.4. The molecule has 4 aromatic carbocycles. The average Bonchev–Trinajstić information content (AvgIpc) is 0.820. The second-order valence-electron chi connectivity index (χ2n) is 33.9. The molecule has 2 unspecified atom stereocenters. The molecule has 6 N–H and O–H groups in total. The van der Waals surface area contributed by atoms with Crippen molar-refractivity contribution >= 4 is 167 Å². The normalized spacial score (nSPS) is 17.3. The van der Waals surface area contributed by atoms with Crippen LogP contribution in [0.2, 0.25) is 0 Å². The number of aliphatic hydroxyl groups is 1. The summed E-state index contributed by atoms with van der Waals surface area (Å²) in [5, 5.41) is 28.7. The summed E-state index contributed by atoms with van der Waals surface area (Å²) >= 11 is 9.42. The Morgan fingerprint density at radius 1 is 0.479 bits per heavy atom. The highest BCUT2D eigenvalue weighted by Crippen LogP contribution is 2.42. The van der Waals surface area contributed by atoms with E-state index >= 15 is 0 Å². The van der Waals surface area contributed by atoms with Crippen LogP contribution in [0.25, 0.3) is 60.9 Å². The summed E-state index contributed by atoms with van der Waals surface area (Å²) in [6, 6.07) is 19.6. The van der Waals surface area contributed by atoms with Crippen LogP contribution in [-0.2, 0) is 58.0 Å². The SMILES string of the molecule is CC1(C)OB(C2=CCSCC2)OC1(C)C.CO.C[C@@H](Nc1ncnc2c1cc(Br)c(=O)n2C)c1cccc(C(F)F)c1F.C[C@@H](Nc1ncnc2c1cc(C1=CCS(=N)(=O)CC1)c(=O)n2C)c1cccc(C(F)F)c1F.C[C@@H](Nc1ncnc2c1cc(C1=CCS(=O)CC1)c(=O)n2C)c1cccc(C(F)F)c1F.C[C@@H](Nc1ncnc2c1cc(C1=CCSCC1)c(=O)n2C)c1cccc(C(F)F)c1F.N#CBr. The third-order valence-electron chi connectivity index (χ3n) is 24.4. The number of thioether (sulfide) groups is 2. The number of aliphatic hydroxyl groups excluding tert-OH is 1. The first kappa shape index (κ1) is 111. The van der Waals surface area contributed by atoms with Crippen LogP contribution in [0.4, 0.5) is 76.0 Å². The Balaban J connectivity index is 0.000000170. The van der Waals surface area contributed by atoms with Crippen LogP contribution < -0.4 is 43.5 Å². The van der Waals surface area contributed by atoms with Crippen LogP contribution in [0.5, 0.6) is 0 Å². The highest BCUT2D eigenvalue weighted by Gasteiger charge is 2.52. The number of benzene rings is 4. The predicted molar refractivity (Wildman–Crippen MR) is 543 cm³/mol. The van der Waals surface area contributed by atoms with Crippen molar-refractivity contribution in [2.75, 3.05) is 74.4 Å². The number of nitriles is 1. The lowest BCUT2D eigenvalue weighted by Crippen LogP contribution is -2.41. The van der Waals surface area contributed by atoms with Gasteiger partial charge in [0, 0.05) is 139 Å². The van der Waals surface area contributed by atoms with Crippen molar-refractivity contribution < 1.29 is 75.5 Å². The van der Waals surface area contributed by atoms with Crippen LogP contribution in [0.15, 0.2) is 176 Å². The van der Waals surface area contributed by atoms with Gasteiger partial charge in [0.25, 0.3) is 47.9 Å². The minimum Gasteiger partial charge on any atom is -0.400 e. The zero-order valence-corrected chi connectivity index (χ0v) is 85.4.